The molecule has 108 valence electrons. The molecule has 2 heterocycles. The highest BCUT2D eigenvalue weighted by Gasteiger charge is 2.28. The molecule has 1 aromatic carbocycles. The minimum atomic E-state index is -0.408. The van der Waals surface area contributed by atoms with Crippen LogP contribution in [0.2, 0.25) is 0 Å². The van der Waals surface area contributed by atoms with Crippen LogP contribution >= 0.6 is 0 Å². The first-order chi connectivity index (χ1) is 10.2. The number of amides is 1. The fourth-order valence-corrected chi connectivity index (χ4v) is 2.33. The van der Waals surface area contributed by atoms with Crippen molar-refractivity contribution in [2.75, 3.05) is 13.1 Å². The maximum Gasteiger partial charge on any atom is 0.254 e. The van der Waals surface area contributed by atoms with Crippen molar-refractivity contribution in [1.29, 1.82) is 0 Å². The number of carbonyl (C=O) groups is 1. The van der Waals surface area contributed by atoms with Crippen LogP contribution in [-0.4, -0.2) is 40.0 Å². The minimum absolute atomic E-state index is 0.0996. The lowest BCUT2D eigenvalue weighted by Crippen LogP contribution is -2.31. The van der Waals surface area contributed by atoms with Crippen molar-refractivity contribution in [3.05, 3.63) is 54.2 Å². The highest BCUT2D eigenvalue weighted by molar-refractivity contribution is 5.94. The molecular weight excluding hydrogens is 273 g/mol. The molecule has 1 aromatic heterocycles. The highest BCUT2D eigenvalue weighted by Crippen LogP contribution is 2.18. The standard InChI is InChI=1S/C15H14FN3O2/c16-12-3-1-2-11(8-12)15(20)19-7-5-13(9-19)21-14-4-6-17-10-18-14/h1-4,6,8,10,13H,5,7,9H2/t13-/m0/s1. The number of benzene rings is 1. The van der Waals surface area contributed by atoms with Gasteiger partial charge in [-0.25, -0.2) is 14.4 Å². The Bertz CT molecular complexity index is 636. The predicted molar refractivity (Wildman–Crippen MR) is 73.4 cm³/mol. The van der Waals surface area contributed by atoms with E-state index < -0.39 is 5.82 Å². The Morgan fingerprint density at radius 2 is 2.29 bits per heavy atom. The lowest BCUT2D eigenvalue weighted by atomic mass is 10.2. The fourth-order valence-electron chi connectivity index (χ4n) is 2.33. The second-order valence-electron chi connectivity index (χ2n) is 4.84. The van der Waals surface area contributed by atoms with Gasteiger partial charge in [-0.1, -0.05) is 6.07 Å². The zero-order chi connectivity index (χ0) is 14.7. The number of halogens is 1. The molecule has 5 nitrogen and oxygen atoms in total. The van der Waals surface area contributed by atoms with E-state index in [0.717, 1.165) is 6.42 Å². The number of nitrogens with zero attached hydrogens (tertiary/aromatic N) is 3. The summed E-state index contributed by atoms with van der Waals surface area (Å²) >= 11 is 0. The van der Waals surface area contributed by atoms with Gasteiger partial charge in [-0.15, -0.1) is 0 Å². The Labute approximate surface area is 121 Å². The Morgan fingerprint density at radius 3 is 3.05 bits per heavy atom. The Kier molecular flexibility index (Phi) is 3.77. The molecule has 0 radical (unpaired) electrons. The van der Waals surface area contributed by atoms with Crippen molar-refractivity contribution < 1.29 is 13.9 Å². The molecule has 21 heavy (non-hydrogen) atoms. The number of ether oxygens (including phenoxy) is 1. The summed E-state index contributed by atoms with van der Waals surface area (Å²) in [7, 11) is 0. The van der Waals surface area contributed by atoms with Crippen LogP contribution in [0.25, 0.3) is 0 Å². The Balaban J connectivity index is 1.63. The van der Waals surface area contributed by atoms with Crippen molar-refractivity contribution in [3.8, 4) is 5.88 Å². The average molecular weight is 287 g/mol. The van der Waals surface area contributed by atoms with E-state index in [9.17, 15) is 9.18 Å². The molecule has 2 aromatic rings. The molecule has 1 aliphatic rings. The molecule has 0 N–H and O–H groups in total. The lowest BCUT2D eigenvalue weighted by molar-refractivity contribution is 0.0770. The topological polar surface area (TPSA) is 55.3 Å². The summed E-state index contributed by atoms with van der Waals surface area (Å²) in [6.07, 6.45) is 3.65. The van der Waals surface area contributed by atoms with E-state index in [-0.39, 0.29) is 12.0 Å². The minimum Gasteiger partial charge on any atom is -0.472 e. The summed E-state index contributed by atoms with van der Waals surface area (Å²) in [5.41, 5.74) is 0.359. The molecule has 6 heteroatoms. The molecule has 0 aliphatic carbocycles. The van der Waals surface area contributed by atoms with Gasteiger partial charge in [0.25, 0.3) is 5.91 Å². The van der Waals surface area contributed by atoms with Crippen LogP contribution < -0.4 is 4.74 Å². The van der Waals surface area contributed by atoms with E-state index in [4.69, 9.17) is 4.74 Å². The summed E-state index contributed by atoms with van der Waals surface area (Å²) in [5, 5.41) is 0. The third kappa shape index (κ3) is 3.16. The van der Waals surface area contributed by atoms with Gasteiger partial charge < -0.3 is 9.64 Å². The molecule has 0 bridgehead atoms. The van der Waals surface area contributed by atoms with Crippen molar-refractivity contribution in [1.82, 2.24) is 14.9 Å². The largest absolute Gasteiger partial charge is 0.472 e. The van der Waals surface area contributed by atoms with Gasteiger partial charge in [-0.05, 0) is 18.2 Å². The zero-order valence-electron chi connectivity index (χ0n) is 11.3. The van der Waals surface area contributed by atoms with Crippen LogP contribution in [0.1, 0.15) is 16.8 Å². The third-order valence-corrected chi connectivity index (χ3v) is 3.35. The molecule has 1 saturated heterocycles. The predicted octanol–water partition coefficient (Wildman–Crippen LogP) is 1.91. The van der Waals surface area contributed by atoms with Crippen molar-refractivity contribution >= 4 is 5.91 Å². The summed E-state index contributed by atoms with van der Waals surface area (Å²) in [4.78, 5) is 21.8. The van der Waals surface area contributed by atoms with E-state index in [1.807, 2.05) is 0 Å². The van der Waals surface area contributed by atoms with Crippen LogP contribution in [0.15, 0.2) is 42.9 Å². The van der Waals surface area contributed by atoms with Crippen LogP contribution in [0, 0.1) is 5.82 Å². The van der Waals surface area contributed by atoms with E-state index in [2.05, 4.69) is 9.97 Å². The normalized spacial score (nSPS) is 17.8. The summed E-state index contributed by atoms with van der Waals surface area (Å²) < 4.78 is 18.9. The van der Waals surface area contributed by atoms with Crippen LogP contribution in [0.3, 0.4) is 0 Å². The summed E-state index contributed by atoms with van der Waals surface area (Å²) in [6, 6.07) is 7.40. The highest BCUT2D eigenvalue weighted by atomic mass is 19.1. The van der Waals surface area contributed by atoms with Crippen LogP contribution in [0.4, 0.5) is 4.39 Å². The number of hydrogen-bond acceptors (Lipinski definition) is 4. The van der Waals surface area contributed by atoms with Gasteiger partial charge in [0.15, 0.2) is 0 Å². The zero-order valence-corrected chi connectivity index (χ0v) is 11.3. The quantitative estimate of drug-likeness (QED) is 0.865. The number of carbonyl (C=O) groups excluding carboxylic acids is 1. The van der Waals surface area contributed by atoms with Crippen LogP contribution in [0.5, 0.6) is 5.88 Å². The van der Waals surface area contributed by atoms with Gasteiger partial charge in [0.2, 0.25) is 5.88 Å². The van der Waals surface area contributed by atoms with Crippen molar-refractivity contribution in [2.45, 2.75) is 12.5 Å². The average Bonchev–Trinajstić information content (AvgIpc) is 2.96. The van der Waals surface area contributed by atoms with E-state index in [1.54, 1.807) is 23.2 Å². The van der Waals surface area contributed by atoms with Gasteiger partial charge in [-0.3, -0.25) is 4.79 Å². The molecule has 1 amide bonds. The van der Waals surface area contributed by atoms with E-state index >= 15 is 0 Å². The first-order valence-corrected chi connectivity index (χ1v) is 6.70. The molecule has 3 rings (SSSR count). The number of aromatic nitrogens is 2. The molecule has 0 saturated carbocycles. The molecular formula is C15H14FN3O2. The van der Waals surface area contributed by atoms with E-state index in [0.29, 0.717) is 24.5 Å². The van der Waals surface area contributed by atoms with Gasteiger partial charge in [0, 0.05) is 30.8 Å². The number of hydrogen-bond donors (Lipinski definition) is 0. The first-order valence-electron chi connectivity index (χ1n) is 6.70. The SMILES string of the molecule is O=C(c1cccc(F)c1)N1CC[C@H](Oc2ccncn2)C1. The molecule has 0 spiro atoms. The second kappa shape index (κ2) is 5.87. The smallest absolute Gasteiger partial charge is 0.254 e. The van der Waals surface area contributed by atoms with Gasteiger partial charge in [0.1, 0.15) is 18.2 Å². The van der Waals surface area contributed by atoms with Gasteiger partial charge in [0.05, 0.1) is 6.54 Å². The van der Waals surface area contributed by atoms with Gasteiger partial charge >= 0.3 is 0 Å². The number of rotatable bonds is 3. The van der Waals surface area contributed by atoms with Crippen molar-refractivity contribution in [2.24, 2.45) is 0 Å². The maximum atomic E-state index is 13.2. The number of likely N-dealkylation sites (tertiary alicyclic amines) is 1. The summed E-state index contributed by atoms with van der Waals surface area (Å²) in [5.74, 6) is -0.0906. The van der Waals surface area contributed by atoms with Gasteiger partial charge in [-0.2, -0.15) is 0 Å². The van der Waals surface area contributed by atoms with Crippen LogP contribution in [-0.2, 0) is 0 Å². The molecule has 0 unspecified atom stereocenters. The molecule has 1 fully saturated rings. The lowest BCUT2D eigenvalue weighted by Gasteiger charge is -2.17. The Hall–Kier alpha value is -2.50. The van der Waals surface area contributed by atoms with E-state index in [1.165, 1.54) is 24.5 Å². The monoisotopic (exact) mass is 287 g/mol. The second-order valence-corrected chi connectivity index (χ2v) is 4.84. The summed E-state index contributed by atoms with van der Waals surface area (Å²) in [6.45, 7) is 1.06. The third-order valence-electron chi connectivity index (χ3n) is 3.35. The first kappa shape index (κ1) is 13.5. The fraction of sp³-hybridized carbons (Fsp3) is 0.267. The molecule has 1 aliphatic heterocycles. The van der Waals surface area contributed by atoms with Crippen molar-refractivity contribution in [3.63, 3.8) is 0 Å². The Morgan fingerprint density at radius 1 is 1.38 bits per heavy atom. The molecule has 1 atom stereocenters. The maximum absolute atomic E-state index is 13.2.